The Morgan fingerprint density at radius 1 is 1.17 bits per heavy atom. The molecule has 0 heterocycles. The number of rotatable bonds is 3. The smallest absolute Gasteiger partial charge is 0.125 e. The van der Waals surface area contributed by atoms with Crippen molar-refractivity contribution in [2.45, 2.75) is 0 Å². The Morgan fingerprint density at radius 3 is 2.61 bits per heavy atom. The molecule has 18 heavy (non-hydrogen) atoms. The molecule has 2 rings (SSSR count). The van der Waals surface area contributed by atoms with Crippen LogP contribution in [0, 0.1) is 5.82 Å². The molecule has 3 nitrogen and oxygen atoms in total. The van der Waals surface area contributed by atoms with E-state index in [1.807, 2.05) is 0 Å². The summed E-state index contributed by atoms with van der Waals surface area (Å²) in [6.45, 7) is 0. The number of benzene rings is 2. The standard InChI is InChI=1S/C13H12ClFN2O/c1-18-9-3-5-12(10(14)7-9)17-13-6-8(15)2-4-11(13)16/h2-7,17H,16H2,1H3. The average Bonchev–Trinajstić information content (AvgIpc) is 2.36. The van der Waals surface area contributed by atoms with Crippen molar-refractivity contribution in [2.24, 2.45) is 0 Å². The maximum Gasteiger partial charge on any atom is 0.125 e. The molecule has 0 radical (unpaired) electrons. The Morgan fingerprint density at radius 2 is 1.94 bits per heavy atom. The highest BCUT2D eigenvalue weighted by Gasteiger charge is 2.06. The summed E-state index contributed by atoms with van der Waals surface area (Å²) < 4.78 is 18.2. The van der Waals surface area contributed by atoms with Crippen LogP contribution < -0.4 is 15.8 Å². The predicted octanol–water partition coefficient (Wildman–Crippen LogP) is 3.81. The summed E-state index contributed by atoms with van der Waals surface area (Å²) in [4.78, 5) is 0. The van der Waals surface area contributed by atoms with E-state index in [9.17, 15) is 4.39 Å². The number of halogens is 2. The number of nitrogens with one attached hydrogen (secondary N) is 1. The Balaban J connectivity index is 2.31. The normalized spacial score (nSPS) is 10.2. The second kappa shape index (κ2) is 5.14. The molecule has 0 spiro atoms. The van der Waals surface area contributed by atoms with Crippen LogP contribution in [-0.2, 0) is 0 Å². The van der Waals surface area contributed by atoms with Gasteiger partial charge in [0.15, 0.2) is 0 Å². The van der Waals surface area contributed by atoms with E-state index in [0.29, 0.717) is 27.8 Å². The monoisotopic (exact) mass is 266 g/mol. The predicted molar refractivity (Wildman–Crippen MR) is 72.1 cm³/mol. The van der Waals surface area contributed by atoms with Crippen LogP contribution in [0.3, 0.4) is 0 Å². The number of hydrogen-bond donors (Lipinski definition) is 2. The molecule has 5 heteroatoms. The minimum Gasteiger partial charge on any atom is -0.497 e. The van der Waals surface area contributed by atoms with Gasteiger partial charge in [0.2, 0.25) is 0 Å². The van der Waals surface area contributed by atoms with Crippen LogP contribution in [0.15, 0.2) is 36.4 Å². The van der Waals surface area contributed by atoms with Gasteiger partial charge in [0.05, 0.1) is 29.2 Å². The highest BCUT2D eigenvalue weighted by Crippen LogP contribution is 2.31. The number of hydrogen-bond acceptors (Lipinski definition) is 3. The molecular formula is C13H12ClFN2O. The van der Waals surface area contributed by atoms with Gasteiger partial charge in [-0.2, -0.15) is 0 Å². The molecule has 0 aliphatic carbocycles. The molecule has 2 aromatic carbocycles. The quantitative estimate of drug-likeness (QED) is 0.831. The lowest BCUT2D eigenvalue weighted by Gasteiger charge is -2.11. The maximum atomic E-state index is 13.1. The van der Waals surface area contributed by atoms with E-state index in [-0.39, 0.29) is 5.82 Å². The first kappa shape index (κ1) is 12.5. The van der Waals surface area contributed by atoms with Crippen LogP contribution in [0.1, 0.15) is 0 Å². The van der Waals surface area contributed by atoms with Gasteiger partial charge in [-0.1, -0.05) is 11.6 Å². The molecule has 0 aliphatic heterocycles. The van der Waals surface area contributed by atoms with Gasteiger partial charge in [-0.3, -0.25) is 0 Å². The molecule has 0 saturated heterocycles. The van der Waals surface area contributed by atoms with Crippen LogP contribution in [0.4, 0.5) is 21.5 Å². The molecule has 0 aliphatic rings. The van der Waals surface area contributed by atoms with Crippen molar-refractivity contribution in [3.05, 3.63) is 47.2 Å². The third-order valence-corrected chi connectivity index (χ3v) is 2.77. The maximum absolute atomic E-state index is 13.1. The van der Waals surface area contributed by atoms with Crippen LogP contribution in [0.25, 0.3) is 0 Å². The van der Waals surface area contributed by atoms with Gasteiger partial charge in [-0.05, 0) is 30.3 Å². The molecule has 0 aromatic heterocycles. The zero-order valence-corrected chi connectivity index (χ0v) is 10.5. The van der Waals surface area contributed by atoms with E-state index in [1.54, 1.807) is 25.3 Å². The lowest BCUT2D eigenvalue weighted by molar-refractivity contribution is 0.415. The van der Waals surface area contributed by atoms with Crippen molar-refractivity contribution in [3.8, 4) is 5.75 Å². The largest absolute Gasteiger partial charge is 0.497 e. The molecule has 0 fully saturated rings. The van der Waals surface area contributed by atoms with Crippen molar-refractivity contribution in [1.82, 2.24) is 0 Å². The van der Waals surface area contributed by atoms with Crippen molar-refractivity contribution in [2.75, 3.05) is 18.2 Å². The van der Waals surface area contributed by atoms with E-state index in [0.717, 1.165) is 0 Å². The van der Waals surface area contributed by atoms with E-state index >= 15 is 0 Å². The van der Waals surface area contributed by atoms with E-state index in [1.165, 1.54) is 18.2 Å². The van der Waals surface area contributed by atoms with E-state index in [2.05, 4.69) is 5.32 Å². The van der Waals surface area contributed by atoms with E-state index in [4.69, 9.17) is 22.1 Å². The zero-order valence-electron chi connectivity index (χ0n) is 9.71. The van der Waals surface area contributed by atoms with Gasteiger partial charge >= 0.3 is 0 Å². The van der Waals surface area contributed by atoms with Crippen molar-refractivity contribution in [3.63, 3.8) is 0 Å². The van der Waals surface area contributed by atoms with Crippen LogP contribution in [-0.4, -0.2) is 7.11 Å². The highest BCUT2D eigenvalue weighted by molar-refractivity contribution is 6.33. The first-order chi connectivity index (χ1) is 8.60. The van der Waals surface area contributed by atoms with Crippen LogP contribution in [0.2, 0.25) is 5.02 Å². The van der Waals surface area contributed by atoms with Gasteiger partial charge in [-0.15, -0.1) is 0 Å². The van der Waals surface area contributed by atoms with Gasteiger partial charge < -0.3 is 15.8 Å². The fourth-order valence-electron chi connectivity index (χ4n) is 1.51. The summed E-state index contributed by atoms with van der Waals surface area (Å²) >= 11 is 6.07. The second-order valence-corrected chi connectivity index (χ2v) is 4.11. The molecule has 3 N–H and O–H groups in total. The third kappa shape index (κ3) is 2.65. The Bertz CT molecular complexity index is 575. The molecule has 0 atom stereocenters. The molecular weight excluding hydrogens is 255 g/mol. The summed E-state index contributed by atoms with van der Waals surface area (Å²) in [7, 11) is 1.56. The van der Waals surface area contributed by atoms with Gasteiger partial charge in [-0.25, -0.2) is 4.39 Å². The fraction of sp³-hybridized carbons (Fsp3) is 0.0769. The number of anilines is 3. The Hall–Kier alpha value is -1.94. The summed E-state index contributed by atoms with van der Waals surface area (Å²) in [5, 5.41) is 3.45. The third-order valence-electron chi connectivity index (χ3n) is 2.46. The zero-order chi connectivity index (χ0) is 13.1. The number of ether oxygens (including phenoxy) is 1. The SMILES string of the molecule is COc1ccc(Nc2cc(F)ccc2N)c(Cl)c1. The first-order valence-corrected chi connectivity index (χ1v) is 5.63. The van der Waals surface area contributed by atoms with Gasteiger partial charge in [0.1, 0.15) is 11.6 Å². The summed E-state index contributed by atoms with van der Waals surface area (Å²) in [6, 6.07) is 9.27. The van der Waals surface area contributed by atoms with E-state index < -0.39 is 0 Å². The number of nitrogens with two attached hydrogens (primary N) is 1. The number of nitrogen functional groups attached to an aromatic ring is 1. The fourth-order valence-corrected chi connectivity index (χ4v) is 1.72. The molecule has 0 amide bonds. The van der Waals surface area contributed by atoms with Crippen molar-refractivity contribution < 1.29 is 9.13 Å². The highest BCUT2D eigenvalue weighted by atomic mass is 35.5. The summed E-state index contributed by atoms with van der Waals surface area (Å²) in [5.74, 6) is 0.286. The second-order valence-electron chi connectivity index (χ2n) is 3.70. The van der Waals surface area contributed by atoms with Crippen LogP contribution >= 0.6 is 11.6 Å². The minimum absolute atomic E-state index is 0.365. The molecule has 0 unspecified atom stereocenters. The number of methoxy groups -OCH3 is 1. The summed E-state index contributed by atoms with van der Waals surface area (Å²) in [5.41, 5.74) is 7.30. The lowest BCUT2D eigenvalue weighted by atomic mass is 10.2. The van der Waals surface area contributed by atoms with Crippen molar-refractivity contribution >= 4 is 28.7 Å². The lowest BCUT2D eigenvalue weighted by Crippen LogP contribution is -1.97. The molecule has 94 valence electrons. The molecule has 0 saturated carbocycles. The Labute approximate surface area is 109 Å². The minimum atomic E-state index is -0.365. The molecule has 2 aromatic rings. The molecule has 0 bridgehead atoms. The topological polar surface area (TPSA) is 47.3 Å². The van der Waals surface area contributed by atoms with Gasteiger partial charge in [0, 0.05) is 6.07 Å². The average molecular weight is 267 g/mol. The Kier molecular flexibility index (Phi) is 3.58. The van der Waals surface area contributed by atoms with Crippen molar-refractivity contribution in [1.29, 1.82) is 0 Å². The van der Waals surface area contributed by atoms with Crippen LogP contribution in [0.5, 0.6) is 5.75 Å². The summed E-state index contributed by atoms with van der Waals surface area (Å²) in [6.07, 6.45) is 0. The van der Waals surface area contributed by atoms with Gasteiger partial charge in [0.25, 0.3) is 0 Å². The first-order valence-electron chi connectivity index (χ1n) is 5.26.